The topological polar surface area (TPSA) is 56.1 Å². The highest BCUT2D eigenvalue weighted by Gasteiger charge is 2.28. The van der Waals surface area contributed by atoms with E-state index in [9.17, 15) is 4.79 Å². The molecular formula is C16H27N3O2. The molecule has 1 N–H and O–H groups in total. The maximum absolute atomic E-state index is 12.5. The Morgan fingerprint density at radius 2 is 2.19 bits per heavy atom. The molecule has 21 heavy (non-hydrogen) atoms. The molecule has 1 aromatic heterocycles. The van der Waals surface area contributed by atoms with Gasteiger partial charge < -0.3 is 10.1 Å². The van der Waals surface area contributed by atoms with E-state index in [1.54, 1.807) is 6.20 Å². The van der Waals surface area contributed by atoms with Gasteiger partial charge in [-0.1, -0.05) is 20.8 Å². The molecule has 0 aromatic carbocycles. The van der Waals surface area contributed by atoms with Crippen LogP contribution in [0.3, 0.4) is 0 Å². The monoisotopic (exact) mass is 293 g/mol. The van der Waals surface area contributed by atoms with Crippen molar-refractivity contribution in [2.24, 2.45) is 0 Å². The second-order valence-electron chi connectivity index (χ2n) is 5.72. The van der Waals surface area contributed by atoms with Crippen molar-refractivity contribution in [2.45, 2.75) is 71.6 Å². The van der Waals surface area contributed by atoms with Crippen LogP contribution in [-0.2, 0) is 11.2 Å². The average Bonchev–Trinajstić information content (AvgIpc) is 3.07. The molecule has 1 fully saturated rings. The second kappa shape index (κ2) is 7.07. The van der Waals surface area contributed by atoms with Crippen LogP contribution in [0.1, 0.15) is 69.1 Å². The van der Waals surface area contributed by atoms with Gasteiger partial charge in [-0.15, -0.1) is 0 Å². The summed E-state index contributed by atoms with van der Waals surface area (Å²) in [5.41, 5.74) is 1.75. The molecule has 2 rings (SSSR count). The first kappa shape index (κ1) is 16.0. The zero-order valence-corrected chi connectivity index (χ0v) is 13.6. The Bertz CT molecular complexity index is 480. The minimum absolute atomic E-state index is 0.0218. The lowest BCUT2D eigenvalue weighted by molar-refractivity contribution is 0.0865. The summed E-state index contributed by atoms with van der Waals surface area (Å²) in [7, 11) is 0. The van der Waals surface area contributed by atoms with E-state index in [2.05, 4.69) is 31.2 Å². The Hall–Kier alpha value is -1.36. The van der Waals surface area contributed by atoms with E-state index in [1.807, 2.05) is 11.6 Å². The van der Waals surface area contributed by atoms with E-state index in [-0.39, 0.29) is 18.1 Å². The van der Waals surface area contributed by atoms with E-state index >= 15 is 0 Å². The number of hydrogen-bond donors (Lipinski definition) is 1. The number of rotatable bonds is 6. The number of carbonyl (C=O) groups is 1. The summed E-state index contributed by atoms with van der Waals surface area (Å²) in [6, 6.07) is 0.481. The molecule has 1 amide bonds. The van der Waals surface area contributed by atoms with Gasteiger partial charge in [0, 0.05) is 6.61 Å². The SMILES string of the molecule is CCc1c(C(=O)N[C@@H]2CCO[C@@H]2C)cnn1C(CC)CC. The van der Waals surface area contributed by atoms with Gasteiger partial charge in [0.15, 0.2) is 0 Å². The van der Waals surface area contributed by atoms with E-state index in [0.717, 1.165) is 38.0 Å². The predicted molar refractivity (Wildman–Crippen MR) is 82.5 cm³/mol. The van der Waals surface area contributed by atoms with Crippen LogP contribution in [0.15, 0.2) is 6.20 Å². The minimum Gasteiger partial charge on any atom is -0.376 e. The van der Waals surface area contributed by atoms with Crippen molar-refractivity contribution in [1.82, 2.24) is 15.1 Å². The number of nitrogens with one attached hydrogen (secondary N) is 1. The maximum Gasteiger partial charge on any atom is 0.255 e. The van der Waals surface area contributed by atoms with Crippen molar-refractivity contribution in [3.8, 4) is 0 Å². The second-order valence-corrected chi connectivity index (χ2v) is 5.72. The highest BCUT2D eigenvalue weighted by Crippen LogP contribution is 2.21. The van der Waals surface area contributed by atoms with Crippen LogP contribution in [-0.4, -0.2) is 34.4 Å². The number of aromatic nitrogens is 2. The van der Waals surface area contributed by atoms with Crippen molar-refractivity contribution in [3.05, 3.63) is 17.5 Å². The first-order chi connectivity index (χ1) is 10.1. The van der Waals surface area contributed by atoms with Gasteiger partial charge >= 0.3 is 0 Å². The minimum atomic E-state index is -0.0218. The van der Waals surface area contributed by atoms with Crippen molar-refractivity contribution >= 4 is 5.91 Å². The Balaban J connectivity index is 2.17. The van der Waals surface area contributed by atoms with Gasteiger partial charge in [0.05, 0.1) is 35.6 Å². The zero-order valence-electron chi connectivity index (χ0n) is 13.6. The number of ether oxygens (including phenoxy) is 1. The summed E-state index contributed by atoms with van der Waals surface area (Å²) in [5.74, 6) is -0.0218. The molecule has 0 unspecified atom stereocenters. The average molecular weight is 293 g/mol. The number of hydrogen-bond acceptors (Lipinski definition) is 3. The Kier molecular flexibility index (Phi) is 5.39. The molecule has 0 aliphatic carbocycles. The summed E-state index contributed by atoms with van der Waals surface area (Å²) in [4.78, 5) is 12.5. The van der Waals surface area contributed by atoms with Crippen molar-refractivity contribution in [1.29, 1.82) is 0 Å². The third-order valence-corrected chi connectivity index (χ3v) is 4.46. The summed E-state index contributed by atoms with van der Waals surface area (Å²) in [6.07, 6.45) is 5.56. The van der Waals surface area contributed by atoms with Gasteiger partial charge in [-0.05, 0) is 32.6 Å². The molecule has 1 aromatic rings. The molecule has 5 heteroatoms. The Labute approximate surface area is 127 Å². The molecule has 5 nitrogen and oxygen atoms in total. The van der Waals surface area contributed by atoms with Crippen LogP contribution in [0.2, 0.25) is 0 Å². The number of carbonyl (C=O) groups excluding carboxylic acids is 1. The quantitative estimate of drug-likeness (QED) is 0.877. The number of nitrogens with zero attached hydrogens (tertiary/aromatic N) is 2. The van der Waals surface area contributed by atoms with Crippen LogP contribution in [0.25, 0.3) is 0 Å². The molecule has 0 saturated carbocycles. The highest BCUT2D eigenvalue weighted by atomic mass is 16.5. The molecule has 1 aliphatic heterocycles. The lowest BCUT2D eigenvalue weighted by atomic mass is 10.1. The van der Waals surface area contributed by atoms with Crippen LogP contribution < -0.4 is 5.32 Å². The third kappa shape index (κ3) is 3.28. The van der Waals surface area contributed by atoms with E-state index in [4.69, 9.17) is 4.74 Å². The molecular weight excluding hydrogens is 266 g/mol. The number of amides is 1. The third-order valence-electron chi connectivity index (χ3n) is 4.46. The molecule has 2 atom stereocenters. The molecule has 1 saturated heterocycles. The van der Waals surface area contributed by atoms with Crippen molar-refractivity contribution in [3.63, 3.8) is 0 Å². The first-order valence-corrected chi connectivity index (χ1v) is 8.11. The van der Waals surface area contributed by atoms with Gasteiger partial charge in [0.1, 0.15) is 0 Å². The molecule has 2 heterocycles. The zero-order chi connectivity index (χ0) is 15.4. The maximum atomic E-state index is 12.5. The van der Waals surface area contributed by atoms with Gasteiger partial charge in [-0.3, -0.25) is 9.48 Å². The normalized spacial score (nSPS) is 22.0. The predicted octanol–water partition coefficient (Wildman–Crippen LogP) is 2.71. The van der Waals surface area contributed by atoms with Gasteiger partial charge in [0.2, 0.25) is 0 Å². The Morgan fingerprint density at radius 3 is 2.71 bits per heavy atom. The van der Waals surface area contributed by atoms with Gasteiger partial charge in [0.25, 0.3) is 5.91 Å². The van der Waals surface area contributed by atoms with E-state index in [1.165, 1.54) is 0 Å². The van der Waals surface area contributed by atoms with Crippen molar-refractivity contribution < 1.29 is 9.53 Å². The molecule has 0 spiro atoms. The Morgan fingerprint density at radius 1 is 1.48 bits per heavy atom. The summed E-state index contributed by atoms with van der Waals surface area (Å²) in [5, 5.41) is 7.56. The van der Waals surface area contributed by atoms with Crippen LogP contribution >= 0.6 is 0 Å². The fraction of sp³-hybridized carbons (Fsp3) is 0.750. The largest absolute Gasteiger partial charge is 0.376 e. The van der Waals surface area contributed by atoms with Crippen LogP contribution in [0.4, 0.5) is 0 Å². The standard InChI is InChI=1S/C16H27N3O2/c1-5-12(6-2)19-15(7-3)13(10-17-19)16(20)18-14-8-9-21-11(14)4/h10-12,14H,5-9H2,1-4H3,(H,18,20)/t11-,14-/m1/s1. The lowest BCUT2D eigenvalue weighted by Crippen LogP contribution is -2.39. The van der Waals surface area contributed by atoms with E-state index in [0.29, 0.717) is 11.6 Å². The summed E-state index contributed by atoms with van der Waals surface area (Å²) >= 11 is 0. The van der Waals surface area contributed by atoms with E-state index < -0.39 is 0 Å². The van der Waals surface area contributed by atoms with Gasteiger partial charge in [-0.25, -0.2) is 0 Å². The summed E-state index contributed by atoms with van der Waals surface area (Å²) < 4.78 is 7.53. The lowest BCUT2D eigenvalue weighted by Gasteiger charge is -2.18. The van der Waals surface area contributed by atoms with Crippen LogP contribution in [0.5, 0.6) is 0 Å². The fourth-order valence-electron chi connectivity index (χ4n) is 3.05. The smallest absolute Gasteiger partial charge is 0.255 e. The first-order valence-electron chi connectivity index (χ1n) is 8.11. The van der Waals surface area contributed by atoms with Crippen molar-refractivity contribution in [2.75, 3.05) is 6.61 Å². The fourth-order valence-corrected chi connectivity index (χ4v) is 3.05. The molecule has 1 aliphatic rings. The molecule has 0 bridgehead atoms. The highest BCUT2D eigenvalue weighted by molar-refractivity contribution is 5.95. The molecule has 118 valence electrons. The van der Waals surface area contributed by atoms with Gasteiger partial charge in [-0.2, -0.15) is 5.10 Å². The van der Waals surface area contributed by atoms with Crippen LogP contribution in [0, 0.1) is 0 Å². The molecule has 0 radical (unpaired) electrons. The summed E-state index contributed by atoms with van der Waals surface area (Å²) in [6.45, 7) is 9.12.